The van der Waals surface area contributed by atoms with Crippen LogP contribution in [0.5, 0.6) is 0 Å². The smallest absolute Gasteiger partial charge is 0.329 e. The third-order valence-corrected chi connectivity index (χ3v) is 4.25. The van der Waals surface area contributed by atoms with Crippen molar-refractivity contribution in [2.45, 2.75) is 38.0 Å². The quantitative estimate of drug-likeness (QED) is 0.753. The highest BCUT2D eigenvalue weighted by Crippen LogP contribution is 2.36. The number of amides is 1. The van der Waals surface area contributed by atoms with Crippen molar-refractivity contribution in [2.24, 2.45) is 0 Å². The summed E-state index contributed by atoms with van der Waals surface area (Å²) in [5.41, 5.74) is -0.616. The van der Waals surface area contributed by atoms with Crippen molar-refractivity contribution in [3.05, 3.63) is 65.2 Å². The Hall–Kier alpha value is -2.44. The molecule has 7 heteroatoms. The highest BCUT2D eigenvalue weighted by molar-refractivity contribution is 5.94. The monoisotopic (exact) mass is 352 g/mol. The van der Waals surface area contributed by atoms with Gasteiger partial charge in [0, 0.05) is 17.8 Å². The summed E-state index contributed by atoms with van der Waals surface area (Å²) >= 11 is 0. The van der Waals surface area contributed by atoms with E-state index in [2.05, 4.69) is 4.98 Å². The Morgan fingerprint density at radius 3 is 2.40 bits per heavy atom. The van der Waals surface area contributed by atoms with E-state index >= 15 is 0 Å². The van der Waals surface area contributed by atoms with Crippen LogP contribution in [-0.4, -0.2) is 21.8 Å². The Bertz CT molecular complexity index is 769. The average molecular weight is 352 g/mol. The van der Waals surface area contributed by atoms with Gasteiger partial charge in [0.25, 0.3) is 5.91 Å². The zero-order valence-corrected chi connectivity index (χ0v) is 13.4. The molecule has 1 saturated carbocycles. The summed E-state index contributed by atoms with van der Waals surface area (Å²) in [5, 5.41) is 0. The van der Waals surface area contributed by atoms with Gasteiger partial charge in [0.1, 0.15) is 11.5 Å². The van der Waals surface area contributed by atoms with Gasteiger partial charge in [-0.05, 0) is 38.0 Å². The second-order valence-electron chi connectivity index (χ2n) is 6.07. The number of benzene rings is 1. The van der Waals surface area contributed by atoms with Crippen LogP contribution in [0.25, 0.3) is 0 Å². The van der Waals surface area contributed by atoms with E-state index in [4.69, 9.17) is 0 Å². The molecule has 1 atom stereocenters. The number of hydrogen-bond donors (Lipinski definition) is 0. The SMILES string of the molecule is CC(c1ccccc1F)N(C(=O)c1ccc(C(F)(F)F)nc1)C1CC1. The highest BCUT2D eigenvalue weighted by atomic mass is 19.4. The highest BCUT2D eigenvalue weighted by Gasteiger charge is 2.38. The van der Waals surface area contributed by atoms with Crippen molar-refractivity contribution in [3.63, 3.8) is 0 Å². The van der Waals surface area contributed by atoms with Crippen LogP contribution in [-0.2, 0) is 6.18 Å². The van der Waals surface area contributed by atoms with Crippen LogP contribution in [0, 0.1) is 5.82 Å². The molecular weight excluding hydrogens is 336 g/mol. The third-order valence-electron chi connectivity index (χ3n) is 4.25. The van der Waals surface area contributed by atoms with Crippen LogP contribution in [0.4, 0.5) is 17.6 Å². The van der Waals surface area contributed by atoms with Crippen molar-refractivity contribution in [1.82, 2.24) is 9.88 Å². The molecule has 1 unspecified atom stereocenters. The molecule has 1 heterocycles. The zero-order chi connectivity index (χ0) is 18.2. The Morgan fingerprint density at radius 2 is 1.88 bits per heavy atom. The van der Waals surface area contributed by atoms with Crippen LogP contribution < -0.4 is 0 Å². The minimum Gasteiger partial charge on any atom is -0.329 e. The molecule has 0 N–H and O–H groups in total. The van der Waals surface area contributed by atoms with Gasteiger partial charge >= 0.3 is 6.18 Å². The molecular formula is C18H16F4N2O. The van der Waals surface area contributed by atoms with Gasteiger partial charge in [-0.25, -0.2) is 4.39 Å². The summed E-state index contributed by atoms with van der Waals surface area (Å²) in [4.78, 5) is 17.7. The van der Waals surface area contributed by atoms with Gasteiger partial charge < -0.3 is 4.90 Å². The predicted molar refractivity (Wildman–Crippen MR) is 83.2 cm³/mol. The fourth-order valence-electron chi connectivity index (χ4n) is 2.81. The molecule has 1 fully saturated rings. The normalized spacial score (nSPS) is 15.7. The minimum atomic E-state index is -4.56. The molecule has 1 aromatic carbocycles. The molecule has 25 heavy (non-hydrogen) atoms. The van der Waals surface area contributed by atoms with E-state index in [1.54, 1.807) is 25.1 Å². The Labute approximate surface area is 142 Å². The van der Waals surface area contributed by atoms with E-state index in [1.165, 1.54) is 11.0 Å². The van der Waals surface area contributed by atoms with E-state index in [0.29, 0.717) is 5.56 Å². The molecule has 1 aliphatic carbocycles. The first-order chi connectivity index (χ1) is 11.8. The lowest BCUT2D eigenvalue weighted by Gasteiger charge is -2.30. The first-order valence-corrected chi connectivity index (χ1v) is 7.89. The number of aromatic nitrogens is 1. The molecule has 1 aromatic heterocycles. The summed E-state index contributed by atoms with van der Waals surface area (Å²) in [6.07, 6.45) is -2.05. The van der Waals surface area contributed by atoms with Crippen molar-refractivity contribution in [1.29, 1.82) is 0 Å². The summed E-state index contributed by atoms with van der Waals surface area (Å²) in [7, 11) is 0. The molecule has 0 aliphatic heterocycles. The summed E-state index contributed by atoms with van der Waals surface area (Å²) in [6.45, 7) is 1.71. The molecule has 3 rings (SSSR count). The summed E-state index contributed by atoms with van der Waals surface area (Å²) in [6, 6.07) is 7.51. The first-order valence-electron chi connectivity index (χ1n) is 7.89. The first kappa shape index (κ1) is 17.4. The van der Waals surface area contributed by atoms with E-state index in [-0.39, 0.29) is 11.6 Å². The Morgan fingerprint density at radius 1 is 1.20 bits per heavy atom. The number of alkyl halides is 3. The zero-order valence-electron chi connectivity index (χ0n) is 13.4. The molecule has 0 spiro atoms. The fourth-order valence-corrected chi connectivity index (χ4v) is 2.81. The molecule has 1 amide bonds. The van der Waals surface area contributed by atoms with Gasteiger partial charge in [0.05, 0.1) is 11.6 Å². The molecule has 0 saturated heterocycles. The molecule has 1 aliphatic rings. The van der Waals surface area contributed by atoms with Crippen LogP contribution in [0.3, 0.4) is 0 Å². The largest absolute Gasteiger partial charge is 0.433 e. The van der Waals surface area contributed by atoms with Crippen molar-refractivity contribution in [3.8, 4) is 0 Å². The maximum atomic E-state index is 14.1. The van der Waals surface area contributed by atoms with Crippen LogP contribution in [0.1, 0.15) is 47.4 Å². The van der Waals surface area contributed by atoms with E-state index < -0.39 is 29.6 Å². The van der Waals surface area contributed by atoms with Crippen molar-refractivity contribution in [2.75, 3.05) is 0 Å². The van der Waals surface area contributed by atoms with Crippen LogP contribution >= 0.6 is 0 Å². The van der Waals surface area contributed by atoms with E-state index in [1.807, 2.05) is 0 Å². The Balaban J connectivity index is 1.88. The van der Waals surface area contributed by atoms with Crippen molar-refractivity contribution < 1.29 is 22.4 Å². The lowest BCUT2D eigenvalue weighted by Crippen LogP contribution is -2.36. The second-order valence-corrected chi connectivity index (χ2v) is 6.07. The Kier molecular flexibility index (Phi) is 4.49. The summed E-state index contributed by atoms with van der Waals surface area (Å²) < 4.78 is 51.9. The number of carbonyl (C=O) groups is 1. The number of halogens is 4. The topological polar surface area (TPSA) is 33.2 Å². The average Bonchev–Trinajstić information content (AvgIpc) is 3.39. The number of pyridine rings is 1. The molecule has 3 nitrogen and oxygen atoms in total. The number of nitrogens with zero attached hydrogens (tertiary/aromatic N) is 2. The molecule has 132 valence electrons. The fraction of sp³-hybridized carbons (Fsp3) is 0.333. The van der Waals surface area contributed by atoms with E-state index in [0.717, 1.165) is 31.2 Å². The maximum absolute atomic E-state index is 14.1. The predicted octanol–water partition coefficient (Wildman–Crippen LogP) is 4.61. The lowest BCUT2D eigenvalue weighted by molar-refractivity contribution is -0.141. The molecule has 0 bridgehead atoms. The van der Waals surface area contributed by atoms with Gasteiger partial charge in [-0.2, -0.15) is 13.2 Å². The standard InChI is InChI=1S/C18H16F4N2O/c1-11(14-4-2-3-5-15(14)19)24(13-7-8-13)17(25)12-6-9-16(23-10-12)18(20,21)22/h2-6,9-11,13H,7-8H2,1H3. The third kappa shape index (κ3) is 3.65. The minimum absolute atomic E-state index is 0.0376. The number of rotatable bonds is 4. The second kappa shape index (κ2) is 6.46. The number of hydrogen-bond acceptors (Lipinski definition) is 2. The summed E-state index contributed by atoms with van der Waals surface area (Å²) in [5.74, 6) is -0.863. The van der Waals surface area contributed by atoms with E-state index in [9.17, 15) is 22.4 Å². The van der Waals surface area contributed by atoms with Gasteiger partial charge in [-0.3, -0.25) is 9.78 Å². The van der Waals surface area contributed by atoms with Gasteiger partial charge in [0.15, 0.2) is 0 Å². The molecule has 0 radical (unpaired) electrons. The van der Waals surface area contributed by atoms with Crippen LogP contribution in [0.2, 0.25) is 0 Å². The van der Waals surface area contributed by atoms with Gasteiger partial charge in [-0.1, -0.05) is 18.2 Å². The maximum Gasteiger partial charge on any atom is 0.433 e. The number of carbonyl (C=O) groups excluding carboxylic acids is 1. The van der Waals surface area contributed by atoms with Crippen LogP contribution in [0.15, 0.2) is 42.6 Å². The lowest BCUT2D eigenvalue weighted by atomic mass is 10.0. The van der Waals surface area contributed by atoms with Gasteiger partial charge in [0.2, 0.25) is 0 Å². The molecule has 2 aromatic rings. The van der Waals surface area contributed by atoms with Crippen molar-refractivity contribution >= 4 is 5.91 Å². The van der Waals surface area contributed by atoms with Gasteiger partial charge in [-0.15, -0.1) is 0 Å².